The Hall–Kier alpha value is -2.89. The molecule has 11 heteroatoms. The van der Waals surface area contributed by atoms with Crippen LogP contribution in [0.1, 0.15) is 41.5 Å². The molecule has 208 valence electrons. The highest BCUT2D eigenvalue weighted by Gasteiger charge is 2.57. The van der Waals surface area contributed by atoms with Gasteiger partial charge in [0.15, 0.2) is 9.84 Å². The van der Waals surface area contributed by atoms with Crippen LogP contribution in [0.15, 0.2) is 83.8 Å². The average molecular weight is 570 g/mol. The lowest BCUT2D eigenvalue weighted by Crippen LogP contribution is -2.54. The summed E-state index contributed by atoms with van der Waals surface area (Å²) in [5, 5.41) is 2.65. The third kappa shape index (κ3) is 5.31. The van der Waals surface area contributed by atoms with E-state index in [2.05, 4.69) is 5.32 Å². The lowest BCUT2D eigenvalue weighted by atomic mass is 9.80. The molecule has 2 fully saturated rings. The predicted octanol–water partition coefficient (Wildman–Crippen LogP) is 6.50. The van der Waals surface area contributed by atoms with Crippen molar-refractivity contribution in [2.75, 3.05) is 0 Å². The first-order chi connectivity index (χ1) is 18.3. The summed E-state index contributed by atoms with van der Waals surface area (Å²) in [7, 11) is -3.74. The number of sulfone groups is 1. The molecule has 2 saturated heterocycles. The molecule has 0 aliphatic carbocycles. The smallest absolute Gasteiger partial charge is 0.371 e. The topological polar surface area (TPSA) is 55.4 Å². The molecule has 0 unspecified atom stereocenters. The predicted molar refractivity (Wildman–Crippen MR) is 131 cm³/mol. The summed E-state index contributed by atoms with van der Waals surface area (Å²) in [4.78, 5) is 0.189. The van der Waals surface area contributed by atoms with Crippen LogP contribution in [0.5, 0.6) is 0 Å². The van der Waals surface area contributed by atoms with Crippen LogP contribution in [-0.2, 0) is 39.1 Å². The van der Waals surface area contributed by atoms with Gasteiger partial charge in [-0.1, -0.05) is 48.5 Å². The van der Waals surface area contributed by atoms with E-state index in [1.165, 1.54) is 12.1 Å². The fraction of sp³-hybridized carbons (Fsp3) is 0.357. The zero-order valence-corrected chi connectivity index (χ0v) is 21.3. The maximum atomic E-state index is 13.6. The third-order valence-electron chi connectivity index (χ3n) is 7.56. The minimum absolute atomic E-state index is 0.0811. The SMILES string of the molecule is O=S(=O)(c1ccccc1)[C@@H]1C[C@]2(c3ccccc3)N[C@H]1CC[C@@H]2OCc1cc(C(F)(F)F)cc(C(F)(F)F)c1. The van der Waals surface area contributed by atoms with Crippen LogP contribution in [0.25, 0.3) is 0 Å². The molecule has 0 radical (unpaired) electrons. The molecular formula is C28H25F6NO3S. The molecule has 0 saturated carbocycles. The van der Waals surface area contributed by atoms with Crippen LogP contribution in [0.3, 0.4) is 0 Å². The Kier molecular flexibility index (Phi) is 7.05. The number of nitrogens with one attached hydrogen (secondary N) is 1. The van der Waals surface area contributed by atoms with Gasteiger partial charge in [0.25, 0.3) is 0 Å². The number of fused-ring (bicyclic) bond motifs is 2. The Balaban J connectivity index is 1.48. The Morgan fingerprint density at radius 1 is 0.821 bits per heavy atom. The first-order valence-electron chi connectivity index (χ1n) is 12.3. The van der Waals surface area contributed by atoms with Gasteiger partial charge >= 0.3 is 12.4 Å². The number of hydrogen-bond acceptors (Lipinski definition) is 4. The molecule has 0 amide bonds. The fourth-order valence-electron chi connectivity index (χ4n) is 5.76. The number of piperidine rings is 1. The Labute approximate surface area is 221 Å². The zero-order chi connectivity index (χ0) is 28.1. The van der Waals surface area contributed by atoms with E-state index in [4.69, 9.17) is 4.74 Å². The molecule has 3 aromatic carbocycles. The van der Waals surface area contributed by atoms with Crippen LogP contribution in [0.2, 0.25) is 0 Å². The summed E-state index contributed by atoms with van der Waals surface area (Å²) in [5.41, 5.74) is -3.35. The quantitative estimate of drug-likeness (QED) is 0.345. The van der Waals surface area contributed by atoms with Crippen molar-refractivity contribution in [2.45, 2.75) is 66.1 Å². The van der Waals surface area contributed by atoms with E-state index in [-0.39, 0.29) is 22.9 Å². The van der Waals surface area contributed by atoms with Crippen LogP contribution >= 0.6 is 0 Å². The molecule has 0 spiro atoms. The number of alkyl halides is 6. The average Bonchev–Trinajstić information content (AvgIpc) is 3.23. The number of hydrogen-bond donors (Lipinski definition) is 1. The van der Waals surface area contributed by atoms with Crippen molar-refractivity contribution in [3.05, 3.63) is 101 Å². The molecule has 39 heavy (non-hydrogen) atoms. The lowest BCUT2D eigenvalue weighted by molar-refractivity contribution is -0.143. The van der Waals surface area contributed by atoms with E-state index in [0.717, 1.165) is 5.56 Å². The van der Waals surface area contributed by atoms with Gasteiger partial charge in [0.2, 0.25) is 0 Å². The molecular weight excluding hydrogens is 544 g/mol. The fourth-order valence-corrected chi connectivity index (χ4v) is 7.77. The van der Waals surface area contributed by atoms with E-state index < -0.39 is 62.9 Å². The maximum absolute atomic E-state index is 13.6. The van der Waals surface area contributed by atoms with Crippen molar-refractivity contribution >= 4 is 9.84 Å². The van der Waals surface area contributed by atoms with Gasteiger partial charge in [0.05, 0.1) is 39.5 Å². The second-order valence-corrected chi connectivity index (χ2v) is 12.1. The molecule has 2 aliphatic heterocycles. The largest absolute Gasteiger partial charge is 0.416 e. The maximum Gasteiger partial charge on any atom is 0.416 e. The van der Waals surface area contributed by atoms with E-state index >= 15 is 0 Å². The summed E-state index contributed by atoms with van der Waals surface area (Å²) in [6.07, 6.45) is -9.71. The van der Waals surface area contributed by atoms with Gasteiger partial charge in [-0.25, -0.2) is 8.42 Å². The van der Waals surface area contributed by atoms with Crippen molar-refractivity contribution < 1.29 is 39.5 Å². The van der Waals surface area contributed by atoms with Crippen LogP contribution in [-0.4, -0.2) is 25.8 Å². The minimum Gasteiger partial charge on any atom is -0.371 e. The highest BCUT2D eigenvalue weighted by molar-refractivity contribution is 7.92. The van der Waals surface area contributed by atoms with Crippen LogP contribution in [0.4, 0.5) is 26.3 Å². The summed E-state index contributed by atoms with van der Waals surface area (Å²) in [6, 6.07) is 18.1. The number of ether oxygens (including phenoxy) is 1. The van der Waals surface area contributed by atoms with E-state index in [9.17, 15) is 34.8 Å². The highest BCUT2D eigenvalue weighted by Crippen LogP contribution is 2.48. The second-order valence-electron chi connectivity index (χ2n) is 9.98. The standard InChI is InChI=1S/C28H25F6NO3S/c29-27(30,31)20-13-18(14-21(15-20)28(32,33)34)17-38-25-12-11-23-24(39(36,37)22-9-5-2-6-10-22)16-26(25,35-23)19-7-3-1-4-8-19/h1-10,13-15,23-25,35H,11-12,16-17H2/t23-,24+,25-,26+/m0/s1. The zero-order valence-electron chi connectivity index (χ0n) is 20.5. The monoisotopic (exact) mass is 569 g/mol. The summed E-state index contributed by atoms with van der Waals surface area (Å²) in [5.74, 6) is 0. The first-order valence-corrected chi connectivity index (χ1v) is 13.9. The molecule has 2 aliphatic rings. The van der Waals surface area contributed by atoms with Gasteiger partial charge < -0.3 is 10.1 Å². The van der Waals surface area contributed by atoms with Crippen molar-refractivity contribution in [3.8, 4) is 0 Å². The van der Waals surface area contributed by atoms with Crippen molar-refractivity contribution in [1.29, 1.82) is 0 Å². The number of benzene rings is 3. The molecule has 4 nitrogen and oxygen atoms in total. The number of halogens is 6. The normalized spacial score (nSPS) is 25.5. The molecule has 0 aromatic heterocycles. The molecule has 2 heterocycles. The molecule has 2 bridgehead atoms. The second kappa shape index (κ2) is 9.94. The van der Waals surface area contributed by atoms with Crippen molar-refractivity contribution in [1.82, 2.24) is 5.32 Å². The van der Waals surface area contributed by atoms with E-state index in [0.29, 0.717) is 25.0 Å². The van der Waals surface area contributed by atoms with Crippen LogP contribution in [0, 0.1) is 0 Å². The van der Waals surface area contributed by atoms with Crippen molar-refractivity contribution in [3.63, 3.8) is 0 Å². The summed E-state index contributed by atoms with van der Waals surface area (Å²) in [6.45, 7) is -0.505. The first kappa shape index (κ1) is 27.7. The Morgan fingerprint density at radius 3 is 1.95 bits per heavy atom. The van der Waals surface area contributed by atoms with Gasteiger partial charge in [-0.2, -0.15) is 26.3 Å². The molecule has 1 N–H and O–H groups in total. The molecule has 3 aromatic rings. The lowest BCUT2D eigenvalue weighted by Gasteiger charge is -2.42. The van der Waals surface area contributed by atoms with Gasteiger partial charge in [0, 0.05) is 6.04 Å². The summed E-state index contributed by atoms with van der Waals surface area (Å²) < 4.78 is 113. The van der Waals surface area contributed by atoms with Gasteiger partial charge in [-0.15, -0.1) is 0 Å². The van der Waals surface area contributed by atoms with Crippen molar-refractivity contribution in [2.24, 2.45) is 0 Å². The number of rotatable bonds is 6. The molecule has 4 atom stereocenters. The van der Waals surface area contributed by atoms with Gasteiger partial charge in [-0.05, 0) is 60.7 Å². The third-order valence-corrected chi connectivity index (χ3v) is 9.78. The van der Waals surface area contributed by atoms with Gasteiger partial charge in [0.1, 0.15) is 0 Å². The van der Waals surface area contributed by atoms with Crippen LogP contribution < -0.4 is 5.32 Å². The Morgan fingerprint density at radius 2 is 1.38 bits per heavy atom. The van der Waals surface area contributed by atoms with E-state index in [1.54, 1.807) is 36.4 Å². The molecule has 5 rings (SSSR count). The Bertz CT molecular complexity index is 1390. The van der Waals surface area contributed by atoms with Gasteiger partial charge in [-0.3, -0.25) is 0 Å². The van der Waals surface area contributed by atoms with E-state index in [1.807, 2.05) is 12.1 Å². The highest BCUT2D eigenvalue weighted by atomic mass is 32.2. The summed E-state index contributed by atoms with van der Waals surface area (Å²) >= 11 is 0. The minimum atomic E-state index is -4.97.